The Kier molecular flexibility index (Phi) is 5.58. The summed E-state index contributed by atoms with van der Waals surface area (Å²) in [7, 11) is 0. The third-order valence-corrected chi connectivity index (χ3v) is 7.30. The van der Waals surface area contributed by atoms with Gasteiger partial charge in [0.1, 0.15) is 29.2 Å². The number of ether oxygens (including phenoxy) is 1. The van der Waals surface area contributed by atoms with Gasteiger partial charge in [-0.1, -0.05) is 12.1 Å². The fraction of sp³-hybridized carbons (Fsp3) is 0.286. The van der Waals surface area contributed by atoms with Gasteiger partial charge in [-0.3, -0.25) is 4.79 Å². The molecule has 4 heterocycles. The minimum atomic E-state index is -0.315. The molecule has 1 aliphatic rings. The van der Waals surface area contributed by atoms with Crippen molar-refractivity contribution in [2.75, 3.05) is 18.5 Å². The van der Waals surface area contributed by atoms with Crippen LogP contribution in [0.3, 0.4) is 0 Å². The molecule has 0 aliphatic carbocycles. The highest BCUT2D eigenvalue weighted by Crippen LogP contribution is 2.45. The standard InChI is InChI=1S/C21H20N6O3S2/c1-2-30-21(29)26-8-7-13-16(9-26)32-20(25-17(28)10-27-12-22-11-23-27)18(13)19-24-14-5-3-4-6-15(14)31-19/h3-6,11-12H,2,7-10H2,1H3,(H,25,28). The molecule has 0 fully saturated rings. The van der Waals surface area contributed by atoms with E-state index in [0.29, 0.717) is 26.1 Å². The molecule has 9 nitrogen and oxygen atoms in total. The number of nitrogens with one attached hydrogen (secondary N) is 1. The average molecular weight is 469 g/mol. The summed E-state index contributed by atoms with van der Waals surface area (Å²) in [5, 5.41) is 8.65. The van der Waals surface area contributed by atoms with Crippen LogP contribution in [0.25, 0.3) is 20.8 Å². The molecular weight excluding hydrogens is 448 g/mol. The molecule has 0 atom stereocenters. The quantitative estimate of drug-likeness (QED) is 0.478. The van der Waals surface area contributed by atoms with Crippen molar-refractivity contribution < 1.29 is 14.3 Å². The molecule has 1 aliphatic heterocycles. The molecule has 0 radical (unpaired) electrons. The van der Waals surface area contributed by atoms with Crippen LogP contribution in [0.15, 0.2) is 36.9 Å². The number of carbonyl (C=O) groups is 2. The lowest BCUT2D eigenvalue weighted by atomic mass is 10.0. The van der Waals surface area contributed by atoms with Gasteiger partial charge in [-0.15, -0.1) is 22.7 Å². The molecular formula is C21H20N6O3S2. The fourth-order valence-electron chi connectivity index (χ4n) is 3.70. The minimum absolute atomic E-state index is 0.0663. The van der Waals surface area contributed by atoms with E-state index >= 15 is 0 Å². The Balaban J connectivity index is 1.51. The number of anilines is 1. The van der Waals surface area contributed by atoms with E-state index in [1.807, 2.05) is 24.3 Å². The van der Waals surface area contributed by atoms with Crippen LogP contribution < -0.4 is 5.32 Å². The number of amides is 2. The fourth-order valence-corrected chi connectivity index (χ4v) is 6.09. The van der Waals surface area contributed by atoms with Gasteiger partial charge in [0.2, 0.25) is 5.91 Å². The van der Waals surface area contributed by atoms with Crippen LogP contribution >= 0.6 is 22.7 Å². The number of rotatable bonds is 5. The Morgan fingerprint density at radius 1 is 1.25 bits per heavy atom. The number of fused-ring (bicyclic) bond motifs is 2. The number of hydrogen-bond acceptors (Lipinski definition) is 8. The molecule has 0 saturated carbocycles. The second kappa shape index (κ2) is 8.67. The van der Waals surface area contributed by atoms with E-state index in [-0.39, 0.29) is 18.5 Å². The normalized spacial score (nSPS) is 13.2. The van der Waals surface area contributed by atoms with Crippen LogP contribution in [0.5, 0.6) is 0 Å². The summed E-state index contributed by atoms with van der Waals surface area (Å²) < 4.78 is 7.74. The maximum Gasteiger partial charge on any atom is 0.410 e. The lowest BCUT2D eigenvalue weighted by Gasteiger charge is -2.26. The largest absolute Gasteiger partial charge is 0.450 e. The molecule has 32 heavy (non-hydrogen) atoms. The summed E-state index contributed by atoms with van der Waals surface area (Å²) in [6.07, 6.45) is 3.26. The van der Waals surface area contributed by atoms with Gasteiger partial charge < -0.3 is 15.0 Å². The summed E-state index contributed by atoms with van der Waals surface area (Å²) in [6, 6.07) is 7.98. The number of thiophene rings is 1. The van der Waals surface area contributed by atoms with Crippen LogP contribution in [0.2, 0.25) is 0 Å². The van der Waals surface area contributed by atoms with Crippen molar-refractivity contribution in [2.45, 2.75) is 26.4 Å². The maximum atomic E-state index is 12.7. The highest BCUT2D eigenvalue weighted by Gasteiger charge is 2.30. The number of para-hydroxylation sites is 1. The zero-order valence-electron chi connectivity index (χ0n) is 17.3. The first kappa shape index (κ1) is 20.6. The first-order valence-electron chi connectivity index (χ1n) is 10.2. The Morgan fingerprint density at radius 3 is 2.91 bits per heavy atom. The smallest absolute Gasteiger partial charge is 0.410 e. The first-order valence-corrected chi connectivity index (χ1v) is 11.8. The highest BCUT2D eigenvalue weighted by atomic mass is 32.1. The van der Waals surface area contributed by atoms with Crippen LogP contribution in [-0.2, 0) is 29.0 Å². The SMILES string of the molecule is CCOC(=O)N1CCc2c(sc(NC(=O)Cn3cncn3)c2-c2nc3ccccc3s2)C1. The summed E-state index contributed by atoms with van der Waals surface area (Å²) in [4.78, 5) is 36.4. The Bertz CT molecular complexity index is 1250. The summed E-state index contributed by atoms with van der Waals surface area (Å²) in [5.74, 6) is -0.196. The van der Waals surface area contributed by atoms with Gasteiger partial charge in [0.15, 0.2) is 0 Å². The van der Waals surface area contributed by atoms with Gasteiger partial charge in [-0.25, -0.2) is 19.4 Å². The molecule has 0 bridgehead atoms. The summed E-state index contributed by atoms with van der Waals surface area (Å²) in [5.41, 5.74) is 3.00. The van der Waals surface area contributed by atoms with E-state index in [2.05, 4.69) is 15.4 Å². The third-order valence-electron chi connectivity index (χ3n) is 5.12. The molecule has 1 N–H and O–H groups in total. The van der Waals surface area contributed by atoms with Gasteiger partial charge >= 0.3 is 6.09 Å². The minimum Gasteiger partial charge on any atom is -0.450 e. The van der Waals surface area contributed by atoms with Crippen molar-refractivity contribution >= 4 is 49.9 Å². The molecule has 164 valence electrons. The molecule has 11 heteroatoms. The van der Waals surface area contributed by atoms with Crippen LogP contribution in [-0.4, -0.2) is 49.8 Å². The second-order valence-corrected chi connectivity index (χ2v) is 9.34. The molecule has 1 aromatic carbocycles. The van der Waals surface area contributed by atoms with Crippen molar-refractivity contribution in [1.82, 2.24) is 24.6 Å². The van der Waals surface area contributed by atoms with Gasteiger partial charge in [0, 0.05) is 17.0 Å². The number of nitrogens with zero attached hydrogens (tertiary/aromatic N) is 5. The van der Waals surface area contributed by atoms with E-state index in [4.69, 9.17) is 9.72 Å². The molecule has 2 amide bonds. The van der Waals surface area contributed by atoms with Gasteiger partial charge in [0.05, 0.1) is 23.4 Å². The topological polar surface area (TPSA) is 102 Å². The molecule has 4 aromatic rings. The van der Waals surface area contributed by atoms with Crippen LogP contribution in [0.1, 0.15) is 17.4 Å². The lowest BCUT2D eigenvalue weighted by molar-refractivity contribution is -0.116. The third kappa shape index (κ3) is 3.96. The Labute approximate surface area is 191 Å². The predicted molar refractivity (Wildman–Crippen MR) is 123 cm³/mol. The number of thiazole rings is 1. The summed E-state index contributed by atoms with van der Waals surface area (Å²) >= 11 is 3.09. The maximum absolute atomic E-state index is 12.7. The number of carbonyl (C=O) groups excluding carboxylic acids is 2. The molecule has 3 aromatic heterocycles. The van der Waals surface area contributed by atoms with Crippen molar-refractivity contribution in [1.29, 1.82) is 0 Å². The van der Waals surface area contributed by atoms with E-state index < -0.39 is 0 Å². The second-order valence-electron chi connectivity index (χ2n) is 7.21. The van der Waals surface area contributed by atoms with E-state index in [1.165, 1.54) is 28.7 Å². The van der Waals surface area contributed by atoms with Gasteiger partial charge in [0.25, 0.3) is 0 Å². The Morgan fingerprint density at radius 2 is 2.12 bits per heavy atom. The molecule has 0 spiro atoms. The van der Waals surface area contributed by atoms with E-state index in [0.717, 1.165) is 36.2 Å². The number of benzene rings is 1. The zero-order valence-corrected chi connectivity index (χ0v) is 18.9. The Hall–Kier alpha value is -3.31. The highest BCUT2D eigenvalue weighted by molar-refractivity contribution is 7.22. The lowest BCUT2D eigenvalue weighted by Crippen LogP contribution is -2.35. The average Bonchev–Trinajstić information content (AvgIpc) is 3.51. The van der Waals surface area contributed by atoms with Crippen LogP contribution in [0, 0.1) is 0 Å². The monoisotopic (exact) mass is 468 g/mol. The van der Waals surface area contributed by atoms with E-state index in [1.54, 1.807) is 23.2 Å². The zero-order chi connectivity index (χ0) is 22.1. The van der Waals surface area contributed by atoms with Crippen molar-refractivity contribution in [3.63, 3.8) is 0 Å². The van der Waals surface area contributed by atoms with Crippen LogP contribution in [0.4, 0.5) is 9.80 Å². The van der Waals surface area contributed by atoms with Crippen molar-refractivity contribution in [3.8, 4) is 10.6 Å². The van der Waals surface area contributed by atoms with Gasteiger partial charge in [-0.2, -0.15) is 5.10 Å². The number of aromatic nitrogens is 4. The molecule has 0 unspecified atom stereocenters. The van der Waals surface area contributed by atoms with Crippen molar-refractivity contribution in [2.24, 2.45) is 0 Å². The number of hydrogen-bond donors (Lipinski definition) is 1. The predicted octanol–water partition coefficient (Wildman–Crippen LogP) is 3.77. The first-order chi connectivity index (χ1) is 15.6. The van der Waals surface area contributed by atoms with E-state index in [9.17, 15) is 9.59 Å². The van der Waals surface area contributed by atoms with Gasteiger partial charge in [-0.05, 0) is 31.0 Å². The molecule has 5 rings (SSSR count). The molecule has 0 saturated heterocycles. The van der Waals surface area contributed by atoms with Crippen molar-refractivity contribution in [3.05, 3.63) is 47.4 Å². The summed E-state index contributed by atoms with van der Waals surface area (Å²) in [6.45, 7) is 3.22.